The van der Waals surface area contributed by atoms with Crippen LogP contribution in [-0.2, 0) is 4.79 Å². The molecule has 2 N–H and O–H groups in total. The van der Waals surface area contributed by atoms with Gasteiger partial charge in [0.1, 0.15) is 0 Å². The second-order valence-corrected chi connectivity index (χ2v) is 4.78. The van der Waals surface area contributed by atoms with Crippen molar-refractivity contribution in [3.8, 4) is 0 Å². The van der Waals surface area contributed by atoms with Gasteiger partial charge in [0.25, 0.3) is 0 Å². The first-order chi connectivity index (χ1) is 6.72. The van der Waals surface area contributed by atoms with Crippen LogP contribution >= 0.6 is 12.4 Å². The van der Waals surface area contributed by atoms with Crippen LogP contribution < -0.4 is 5.32 Å². The molecule has 88 valence electrons. The van der Waals surface area contributed by atoms with Crippen LogP contribution in [0, 0.1) is 5.92 Å². The number of carboxylic acid groups (broad SMARTS) is 1. The van der Waals surface area contributed by atoms with Gasteiger partial charge < -0.3 is 10.4 Å². The fourth-order valence-electron chi connectivity index (χ4n) is 2.87. The molecular formula is C11H20ClNO2. The number of hydrogen-bond acceptors (Lipinski definition) is 2. The van der Waals surface area contributed by atoms with Crippen molar-refractivity contribution in [1.29, 1.82) is 0 Å². The van der Waals surface area contributed by atoms with Crippen molar-refractivity contribution in [3.05, 3.63) is 0 Å². The lowest BCUT2D eigenvalue weighted by molar-refractivity contribution is -0.143. The summed E-state index contributed by atoms with van der Waals surface area (Å²) < 4.78 is 0. The Balaban J connectivity index is 0.00000112. The van der Waals surface area contributed by atoms with Gasteiger partial charge in [-0.2, -0.15) is 0 Å². The molecule has 2 rings (SSSR count). The molecule has 1 aliphatic carbocycles. The molecule has 1 spiro atoms. The van der Waals surface area contributed by atoms with Gasteiger partial charge in [-0.25, -0.2) is 0 Å². The second-order valence-electron chi connectivity index (χ2n) is 4.78. The Bertz CT molecular complexity index is 217. The van der Waals surface area contributed by atoms with E-state index in [2.05, 4.69) is 5.32 Å². The number of aliphatic carboxylic acids is 1. The second kappa shape index (κ2) is 5.17. The Hall–Kier alpha value is -0.280. The largest absolute Gasteiger partial charge is 0.481 e. The van der Waals surface area contributed by atoms with E-state index in [0.717, 1.165) is 32.2 Å². The summed E-state index contributed by atoms with van der Waals surface area (Å²) in [4.78, 5) is 10.8. The summed E-state index contributed by atoms with van der Waals surface area (Å²) in [6.07, 6.45) is 7.69. The highest BCUT2D eigenvalue weighted by atomic mass is 35.5. The summed E-state index contributed by atoms with van der Waals surface area (Å²) in [6.45, 7) is 1.12. The molecule has 2 aliphatic rings. The Morgan fingerprint density at radius 2 is 1.87 bits per heavy atom. The molecular weight excluding hydrogens is 214 g/mol. The van der Waals surface area contributed by atoms with Crippen molar-refractivity contribution in [3.63, 3.8) is 0 Å². The molecule has 1 heterocycles. The first kappa shape index (κ1) is 12.8. The molecule has 0 aromatic heterocycles. The van der Waals surface area contributed by atoms with Crippen molar-refractivity contribution >= 4 is 18.4 Å². The maximum absolute atomic E-state index is 10.8. The third-order valence-electron chi connectivity index (χ3n) is 3.87. The quantitative estimate of drug-likeness (QED) is 0.730. The third-order valence-corrected chi connectivity index (χ3v) is 3.87. The Morgan fingerprint density at radius 3 is 2.33 bits per heavy atom. The van der Waals surface area contributed by atoms with Crippen LogP contribution in [0.1, 0.15) is 44.9 Å². The molecule has 0 aromatic carbocycles. The van der Waals surface area contributed by atoms with E-state index in [1.807, 2.05) is 0 Å². The zero-order chi connectivity index (χ0) is 10.0. The highest BCUT2D eigenvalue weighted by molar-refractivity contribution is 5.85. The number of rotatable bonds is 1. The van der Waals surface area contributed by atoms with E-state index >= 15 is 0 Å². The molecule has 2 fully saturated rings. The van der Waals surface area contributed by atoms with Gasteiger partial charge in [-0.3, -0.25) is 4.79 Å². The van der Waals surface area contributed by atoms with Gasteiger partial charge in [-0.15, -0.1) is 12.4 Å². The van der Waals surface area contributed by atoms with Crippen molar-refractivity contribution in [1.82, 2.24) is 5.32 Å². The van der Waals surface area contributed by atoms with E-state index in [1.54, 1.807) is 0 Å². The summed E-state index contributed by atoms with van der Waals surface area (Å²) in [5.41, 5.74) is 0.310. The van der Waals surface area contributed by atoms with Gasteiger partial charge in [0.15, 0.2) is 0 Å². The summed E-state index contributed by atoms with van der Waals surface area (Å²) in [5, 5.41) is 12.5. The van der Waals surface area contributed by atoms with Crippen molar-refractivity contribution in [2.45, 2.75) is 50.5 Å². The number of hydrogen-bond donors (Lipinski definition) is 2. The normalized spacial score (nSPS) is 35.9. The van der Waals surface area contributed by atoms with Gasteiger partial charge in [0.05, 0.1) is 5.92 Å². The molecule has 0 atom stereocenters. The third kappa shape index (κ3) is 2.85. The van der Waals surface area contributed by atoms with Gasteiger partial charge in [-0.05, 0) is 45.1 Å². The minimum atomic E-state index is -0.601. The predicted octanol–water partition coefficient (Wildman–Crippen LogP) is 2.20. The van der Waals surface area contributed by atoms with Crippen molar-refractivity contribution in [2.75, 3.05) is 6.54 Å². The van der Waals surface area contributed by atoms with E-state index in [9.17, 15) is 4.79 Å². The average Bonchev–Trinajstić information content (AvgIpc) is 2.19. The fourth-order valence-corrected chi connectivity index (χ4v) is 2.87. The van der Waals surface area contributed by atoms with E-state index in [-0.39, 0.29) is 18.3 Å². The minimum Gasteiger partial charge on any atom is -0.481 e. The smallest absolute Gasteiger partial charge is 0.306 e. The molecule has 1 aliphatic heterocycles. The van der Waals surface area contributed by atoms with E-state index in [4.69, 9.17) is 5.11 Å². The SMILES string of the molecule is Cl.O=C(O)C1CCC2(CCCCN2)CC1. The molecule has 0 radical (unpaired) electrons. The maximum atomic E-state index is 10.8. The lowest BCUT2D eigenvalue weighted by Crippen LogP contribution is -2.51. The van der Waals surface area contributed by atoms with Crippen LogP contribution in [0.2, 0.25) is 0 Å². The van der Waals surface area contributed by atoms with Crippen LogP contribution in [0.3, 0.4) is 0 Å². The summed E-state index contributed by atoms with van der Waals surface area (Å²) in [7, 11) is 0. The van der Waals surface area contributed by atoms with Crippen LogP contribution in [0.15, 0.2) is 0 Å². The lowest BCUT2D eigenvalue weighted by Gasteiger charge is -2.43. The molecule has 0 aromatic rings. The molecule has 0 unspecified atom stereocenters. The molecule has 0 bridgehead atoms. The first-order valence-electron chi connectivity index (χ1n) is 5.70. The van der Waals surface area contributed by atoms with Gasteiger partial charge >= 0.3 is 5.97 Å². The molecule has 3 nitrogen and oxygen atoms in total. The number of nitrogens with one attached hydrogen (secondary N) is 1. The van der Waals surface area contributed by atoms with Crippen LogP contribution in [0.5, 0.6) is 0 Å². The maximum Gasteiger partial charge on any atom is 0.306 e. The van der Waals surface area contributed by atoms with Crippen LogP contribution in [0.4, 0.5) is 0 Å². The highest BCUT2D eigenvalue weighted by Crippen LogP contribution is 2.37. The van der Waals surface area contributed by atoms with Crippen LogP contribution in [-0.4, -0.2) is 23.2 Å². The number of carbonyl (C=O) groups is 1. The predicted molar refractivity (Wildman–Crippen MR) is 61.4 cm³/mol. The summed E-state index contributed by atoms with van der Waals surface area (Å²) >= 11 is 0. The number of piperidine rings is 1. The minimum absolute atomic E-state index is 0. The van der Waals surface area contributed by atoms with Gasteiger partial charge in [0.2, 0.25) is 0 Å². The molecule has 1 saturated carbocycles. The van der Waals surface area contributed by atoms with Gasteiger partial charge in [0, 0.05) is 5.54 Å². The first-order valence-corrected chi connectivity index (χ1v) is 5.70. The Morgan fingerprint density at radius 1 is 1.20 bits per heavy atom. The topological polar surface area (TPSA) is 49.3 Å². The molecule has 15 heavy (non-hydrogen) atoms. The molecule has 0 amide bonds. The van der Waals surface area contributed by atoms with E-state index < -0.39 is 5.97 Å². The monoisotopic (exact) mass is 233 g/mol. The van der Waals surface area contributed by atoms with Crippen LogP contribution in [0.25, 0.3) is 0 Å². The fraction of sp³-hybridized carbons (Fsp3) is 0.909. The summed E-state index contributed by atoms with van der Waals surface area (Å²) in [6, 6.07) is 0. The van der Waals surface area contributed by atoms with Crippen molar-refractivity contribution < 1.29 is 9.90 Å². The Kier molecular flexibility index (Phi) is 4.41. The zero-order valence-electron chi connectivity index (χ0n) is 9.00. The lowest BCUT2D eigenvalue weighted by atomic mass is 9.72. The standard InChI is InChI=1S/C11H19NO2.ClH/c13-10(14)9-3-6-11(7-4-9)5-1-2-8-12-11;/h9,12H,1-8H2,(H,13,14);1H. The highest BCUT2D eigenvalue weighted by Gasteiger charge is 2.37. The molecule has 4 heteroatoms. The number of halogens is 1. The van der Waals surface area contributed by atoms with E-state index in [1.165, 1.54) is 19.3 Å². The average molecular weight is 234 g/mol. The zero-order valence-corrected chi connectivity index (χ0v) is 9.81. The number of carboxylic acids is 1. The summed E-state index contributed by atoms with van der Waals surface area (Å²) in [5.74, 6) is -0.681. The molecule has 1 saturated heterocycles. The van der Waals surface area contributed by atoms with Crippen molar-refractivity contribution in [2.24, 2.45) is 5.92 Å². The van der Waals surface area contributed by atoms with Gasteiger partial charge in [-0.1, -0.05) is 6.42 Å². The van der Waals surface area contributed by atoms with E-state index in [0.29, 0.717) is 5.54 Å². The Labute approximate surface area is 97.0 Å².